The second kappa shape index (κ2) is 7.04. The molecular formula is C15H20BrN3O2. The Morgan fingerprint density at radius 1 is 1.33 bits per heavy atom. The van der Waals surface area contributed by atoms with Crippen LogP contribution in [0.1, 0.15) is 15.9 Å². The van der Waals surface area contributed by atoms with Gasteiger partial charge in [0.2, 0.25) is 5.91 Å². The van der Waals surface area contributed by atoms with Crippen molar-refractivity contribution < 1.29 is 9.59 Å². The standard InChI is InChI=1S/C15H20BrN3O2/c1-11-3-4-13(16)12(9-11)15(21)18(2)10-14(20)19-7-5-17-6-8-19/h3-4,9,17H,5-8,10H2,1-2H3. The number of benzene rings is 1. The lowest BCUT2D eigenvalue weighted by Crippen LogP contribution is -2.49. The average Bonchev–Trinajstić information content (AvgIpc) is 2.49. The van der Waals surface area contributed by atoms with E-state index in [1.54, 1.807) is 11.9 Å². The van der Waals surface area contributed by atoms with Gasteiger partial charge < -0.3 is 15.1 Å². The predicted molar refractivity (Wildman–Crippen MR) is 85.3 cm³/mol. The molecule has 0 radical (unpaired) electrons. The highest BCUT2D eigenvalue weighted by Crippen LogP contribution is 2.19. The third-order valence-corrected chi connectivity index (χ3v) is 4.23. The highest BCUT2D eigenvalue weighted by atomic mass is 79.9. The van der Waals surface area contributed by atoms with E-state index < -0.39 is 0 Å². The van der Waals surface area contributed by atoms with Crippen molar-refractivity contribution in [3.63, 3.8) is 0 Å². The first-order valence-corrected chi connectivity index (χ1v) is 7.78. The fourth-order valence-corrected chi connectivity index (χ4v) is 2.71. The molecule has 0 unspecified atom stereocenters. The van der Waals surface area contributed by atoms with E-state index in [-0.39, 0.29) is 18.4 Å². The van der Waals surface area contributed by atoms with Gasteiger partial charge in [-0.1, -0.05) is 11.6 Å². The van der Waals surface area contributed by atoms with Gasteiger partial charge in [0, 0.05) is 37.7 Å². The fourth-order valence-electron chi connectivity index (χ4n) is 2.30. The van der Waals surface area contributed by atoms with Crippen LogP contribution < -0.4 is 5.32 Å². The summed E-state index contributed by atoms with van der Waals surface area (Å²) in [6, 6.07) is 5.62. The van der Waals surface area contributed by atoms with E-state index in [1.165, 1.54) is 4.90 Å². The first-order chi connectivity index (χ1) is 9.99. The molecule has 21 heavy (non-hydrogen) atoms. The number of nitrogens with one attached hydrogen (secondary N) is 1. The topological polar surface area (TPSA) is 52.7 Å². The summed E-state index contributed by atoms with van der Waals surface area (Å²) in [6.45, 7) is 5.08. The molecule has 1 aliphatic rings. The van der Waals surface area contributed by atoms with Crippen molar-refractivity contribution in [3.05, 3.63) is 33.8 Å². The maximum absolute atomic E-state index is 12.4. The Kier molecular flexibility index (Phi) is 5.36. The molecule has 0 aliphatic carbocycles. The summed E-state index contributed by atoms with van der Waals surface area (Å²) in [5.41, 5.74) is 1.61. The van der Waals surface area contributed by atoms with Gasteiger partial charge in [-0.05, 0) is 35.0 Å². The molecule has 5 nitrogen and oxygen atoms in total. The number of rotatable bonds is 3. The van der Waals surface area contributed by atoms with Gasteiger partial charge in [0.05, 0.1) is 12.1 Å². The van der Waals surface area contributed by atoms with Crippen molar-refractivity contribution in [2.75, 3.05) is 39.8 Å². The average molecular weight is 354 g/mol. The molecule has 1 aromatic rings. The molecule has 1 fully saturated rings. The lowest BCUT2D eigenvalue weighted by atomic mass is 10.1. The summed E-state index contributed by atoms with van der Waals surface area (Å²) in [6.07, 6.45) is 0. The molecule has 0 spiro atoms. The molecule has 6 heteroatoms. The number of aryl methyl sites for hydroxylation is 1. The zero-order chi connectivity index (χ0) is 15.4. The fraction of sp³-hybridized carbons (Fsp3) is 0.467. The van der Waals surface area contributed by atoms with Crippen LogP contribution in [0.2, 0.25) is 0 Å². The second-order valence-corrected chi connectivity index (χ2v) is 6.13. The molecule has 0 bridgehead atoms. The Morgan fingerprint density at radius 3 is 2.67 bits per heavy atom. The van der Waals surface area contributed by atoms with Crippen LogP contribution in [0.4, 0.5) is 0 Å². The molecule has 1 aliphatic heterocycles. The smallest absolute Gasteiger partial charge is 0.255 e. The summed E-state index contributed by atoms with van der Waals surface area (Å²) in [5, 5.41) is 3.20. The van der Waals surface area contributed by atoms with Crippen molar-refractivity contribution in [3.8, 4) is 0 Å². The van der Waals surface area contributed by atoms with Crippen LogP contribution in [0, 0.1) is 6.92 Å². The number of hydrogen-bond donors (Lipinski definition) is 1. The Bertz CT molecular complexity index is 542. The number of piperazine rings is 1. The zero-order valence-electron chi connectivity index (χ0n) is 12.4. The Morgan fingerprint density at radius 2 is 2.00 bits per heavy atom. The van der Waals surface area contributed by atoms with E-state index in [1.807, 2.05) is 25.1 Å². The van der Waals surface area contributed by atoms with Gasteiger partial charge in [-0.3, -0.25) is 9.59 Å². The van der Waals surface area contributed by atoms with Crippen LogP contribution >= 0.6 is 15.9 Å². The number of hydrogen-bond acceptors (Lipinski definition) is 3. The van der Waals surface area contributed by atoms with Gasteiger partial charge in [0.1, 0.15) is 0 Å². The highest BCUT2D eigenvalue weighted by molar-refractivity contribution is 9.10. The van der Waals surface area contributed by atoms with Gasteiger partial charge in [-0.25, -0.2) is 0 Å². The van der Waals surface area contributed by atoms with Crippen LogP contribution in [-0.4, -0.2) is 61.4 Å². The summed E-state index contributed by atoms with van der Waals surface area (Å²) in [5.74, 6) is -0.148. The summed E-state index contributed by atoms with van der Waals surface area (Å²) < 4.78 is 0.750. The van der Waals surface area contributed by atoms with Gasteiger partial charge >= 0.3 is 0 Å². The molecule has 1 aromatic carbocycles. The monoisotopic (exact) mass is 353 g/mol. The van der Waals surface area contributed by atoms with E-state index in [2.05, 4.69) is 21.2 Å². The first-order valence-electron chi connectivity index (χ1n) is 6.99. The normalized spacial score (nSPS) is 14.9. The molecule has 0 atom stereocenters. The van der Waals surface area contributed by atoms with E-state index in [0.717, 1.165) is 23.1 Å². The minimum Gasteiger partial charge on any atom is -0.339 e. The molecule has 1 saturated heterocycles. The summed E-state index contributed by atoms with van der Waals surface area (Å²) >= 11 is 3.39. The van der Waals surface area contributed by atoms with Crippen LogP contribution in [0.3, 0.4) is 0 Å². The number of likely N-dealkylation sites (N-methyl/N-ethyl adjacent to an activating group) is 1. The largest absolute Gasteiger partial charge is 0.339 e. The van der Waals surface area contributed by atoms with Gasteiger partial charge in [-0.15, -0.1) is 0 Å². The number of carbonyl (C=O) groups excluding carboxylic acids is 2. The number of carbonyl (C=O) groups is 2. The Hall–Kier alpha value is -1.40. The van der Waals surface area contributed by atoms with Crippen LogP contribution in [0.15, 0.2) is 22.7 Å². The molecule has 1 N–H and O–H groups in total. The van der Waals surface area contributed by atoms with Crippen LogP contribution in [-0.2, 0) is 4.79 Å². The molecule has 2 amide bonds. The van der Waals surface area contributed by atoms with Crippen LogP contribution in [0.25, 0.3) is 0 Å². The highest BCUT2D eigenvalue weighted by Gasteiger charge is 2.21. The van der Waals surface area contributed by atoms with Gasteiger partial charge in [0.25, 0.3) is 5.91 Å². The van der Waals surface area contributed by atoms with Crippen molar-refractivity contribution in [2.24, 2.45) is 0 Å². The van der Waals surface area contributed by atoms with Crippen molar-refractivity contribution in [1.29, 1.82) is 0 Å². The SMILES string of the molecule is Cc1ccc(Br)c(C(=O)N(C)CC(=O)N2CCNCC2)c1. The lowest BCUT2D eigenvalue weighted by molar-refractivity contribution is -0.132. The molecule has 0 aromatic heterocycles. The molecule has 0 saturated carbocycles. The van der Waals surface area contributed by atoms with Gasteiger partial charge in [0.15, 0.2) is 0 Å². The molecule has 1 heterocycles. The lowest BCUT2D eigenvalue weighted by Gasteiger charge is -2.29. The Labute approximate surface area is 133 Å². The summed E-state index contributed by atoms with van der Waals surface area (Å²) in [7, 11) is 1.66. The maximum Gasteiger partial charge on any atom is 0.255 e. The van der Waals surface area contributed by atoms with Crippen molar-refractivity contribution in [2.45, 2.75) is 6.92 Å². The predicted octanol–water partition coefficient (Wildman–Crippen LogP) is 1.26. The van der Waals surface area contributed by atoms with Crippen molar-refractivity contribution in [1.82, 2.24) is 15.1 Å². The molecular weight excluding hydrogens is 334 g/mol. The summed E-state index contributed by atoms with van der Waals surface area (Å²) in [4.78, 5) is 27.9. The third-order valence-electron chi connectivity index (χ3n) is 3.54. The first kappa shape index (κ1) is 16.0. The zero-order valence-corrected chi connectivity index (χ0v) is 13.9. The minimum atomic E-state index is -0.144. The van der Waals surface area contributed by atoms with E-state index in [9.17, 15) is 9.59 Å². The van der Waals surface area contributed by atoms with Crippen LogP contribution in [0.5, 0.6) is 0 Å². The minimum absolute atomic E-state index is 0.00359. The maximum atomic E-state index is 12.4. The Balaban J connectivity index is 2.02. The number of nitrogens with zero attached hydrogens (tertiary/aromatic N) is 2. The van der Waals surface area contributed by atoms with E-state index in [4.69, 9.17) is 0 Å². The van der Waals surface area contributed by atoms with E-state index in [0.29, 0.717) is 18.7 Å². The molecule has 2 rings (SSSR count). The quantitative estimate of drug-likeness (QED) is 0.889. The van der Waals surface area contributed by atoms with Crippen molar-refractivity contribution >= 4 is 27.7 Å². The third kappa shape index (κ3) is 4.04. The van der Waals surface area contributed by atoms with E-state index >= 15 is 0 Å². The molecule has 114 valence electrons. The number of halogens is 1. The van der Waals surface area contributed by atoms with Gasteiger partial charge in [-0.2, -0.15) is 0 Å². The second-order valence-electron chi connectivity index (χ2n) is 5.28. The number of amides is 2.